The van der Waals surface area contributed by atoms with Crippen LogP contribution in [0.15, 0.2) is 17.2 Å². The highest BCUT2D eigenvalue weighted by Gasteiger charge is 1.96. The minimum absolute atomic E-state index is 0.233. The molecule has 0 aromatic carbocycles. The Morgan fingerprint density at radius 3 is 2.91 bits per heavy atom. The van der Waals surface area contributed by atoms with Gasteiger partial charge < -0.3 is 9.72 Å². The summed E-state index contributed by atoms with van der Waals surface area (Å²) in [6.45, 7) is 1.27. The SMILES string of the molecule is CC(=O)Oc1cnc(=O)[nH]c1. The van der Waals surface area contributed by atoms with E-state index in [0.717, 1.165) is 0 Å². The lowest BCUT2D eigenvalue weighted by molar-refractivity contribution is -0.131. The van der Waals surface area contributed by atoms with Gasteiger partial charge in [-0.3, -0.25) is 4.79 Å². The Morgan fingerprint density at radius 2 is 2.45 bits per heavy atom. The van der Waals surface area contributed by atoms with E-state index in [1.54, 1.807) is 0 Å². The Kier molecular flexibility index (Phi) is 2.00. The maximum Gasteiger partial charge on any atom is 0.345 e. The number of aromatic amines is 1. The molecule has 1 aromatic heterocycles. The van der Waals surface area contributed by atoms with Gasteiger partial charge in [0.1, 0.15) is 0 Å². The highest BCUT2D eigenvalue weighted by Crippen LogP contribution is 2.01. The van der Waals surface area contributed by atoms with Crippen LogP contribution in [0.4, 0.5) is 0 Å². The summed E-state index contributed by atoms with van der Waals surface area (Å²) in [5, 5.41) is 0. The molecule has 11 heavy (non-hydrogen) atoms. The van der Waals surface area contributed by atoms with Crippen molar-refractivity contribution in [2.45, 2.75) is 6.92 Å². The van der Waals surface area contributed by atoms with Crippen LogP contribution in [0.25, 0.3) is 0 Å². The molecule has 0 aliphatic carbocycles. The molecule has 0 unspecified atom stereocenters. The van der Waals surface area contributed by atoms with Crippen molar-refractivity contribution >= 4 is 5.97 Å². The molecule has 1 heterocycles. The van der Waals surface area contributed by atoms with Crippen LogP contribution >= 0.6 is 0 Å². The molecule has 0 saturated carbocycles. The van der Waals surface area contributed by atoms with E-state index < -0.39 is 11.7 Å². The quantitative estimate of drug-likeness (QED) is 0.563. The second-order valence-electron chi connectivity index (χ2n) is 1.85. The van der Waals surface area contributed by atoms with E-state index >= 15 is 0 Å². The predicted octanol–water partition coefficient (Wildman–Crippen LogP) is -0.305. The van der Waals surface area contributed by atoms with Crippen LogP contribution in [0.5, 0.6) is 5.75 Å². The molecule has 0 saturated heterocycles. The zero-order valence-corrected chi connectivity index (χ0v) is 5.83. The number of aromatic nitrogens is 2. The molecule has 0 fully saturated rings. The summed E-state index contributed by atoms with van der Waals surface area (Å²) >= 11 is 0. The van der Waals surface area contributed by atoms with Gasteiger partial charge in [-0.2, -0.15) is 4.98 Å². The van der Waals surface area contributed by atoms with E-state index in [0.29, 0.717) is 0 Å². The molecule has 0 radical (unpaired) electrons. The van der Waals surface area contributed by atoms with E-state index in [-0.39, 0.29) is 5.75 Å². The first-order valence-electron chi connectivity index (χ1n) is 2.91. The van der Waals surface area contributed by atoms with Crippen molar-refractivity contribution in [3.63, 3.8) is 0 Å². The maximum atomic E-state index is 10.4. The summed E-state index contributed by atoms with van der Waals surface area (Å²) in [7, 11) is 0. The lowest BCUT2D eigenvalue weighted by atomic mass is 10.6. The van der Waals surface area contributed by atoms with Gasteiger partial charge in [0, 0.05) is 6.92 Å². The number of carbonyl (C=O) groups is 1. The van der Waals surface area contributed by atoms with Crippen LogP contribution in [0.3, 0.4) is 0 Å². The minimum Gasteiger partial charge on any atom is -0.423 e. The molecular formula is C6H6N2O3. The highest BCUT2D eigenvalue weighted by atomic mass is 16.5. The Labute approximate surface area is 62.0 Å². The van der Waals surface area contributed by atoms with Crippen LogP contribution in [0.1, 0.15) is 6.92 Å². The van der Waals surface area contributed by atoms with Gasteiger partial charge >= 0.3 is 11.7 Å². The first-order chi connectivity index (χ1) is 5.18. The van der Waals surface area contributed by atoms with Crippen LogP contribution in [0.2, 0.25) is 0 Å². The smallest absolute Gasteiger partial charge is 0.345 e. The number of hydrogen-bond donors (Lipinski definition) is 1. The van der Waals surface area contributed by atoms with E-state index in [9.17, 15) is 9.59 Å². The van der Waals surface area contributed by atoms with Gasteiger partial charge in [-0.05, 0) is 0 Å². The van der Waals surface area contributed by atoms with Gasteiger partial charge in [0.2, 0.25) is 0 Å². The standard InChI is InChI=1S/C6H6N2O3/c1-4(9)11-5-2-7-6(10)8-3-5/h2-3H,1H3,(H,7,8,10). The summed E-state index contributed by atoms with van der Waals surface area (Å²) in [4.78, 5) is 26.4. The molecule has 0 aliphatic heterocycles. The summed E-state index contributed by atoms with van der Waals surface area (Å²) in [5.74, 6) is -0.212. The Balaban J connectivity index is 2.82. The van der Waals surface area contributed by atoms with E-state index in [1.165, 1.54) is 19.3 Å². The number of carbonyl (C=O) groups excluding carboxylic acids is 1. The van der Waals surface area contributed by atoms with Crippen molar-refractivity contribution in [2.24, 2.45) is 0 Å². The van der Waals surface area contributed by atoms with Crippen molar-refractivity contribution in [2.75, 3.05) is 0 Å². The second kappa shape index (κ2) is 2.96. The summed E-state index contributed by atoms with van der Waals surface area (Å²) in [5.41, 5.74) is -0.471. The summed E-state index contributed by atoms with van der Waals surface area (Å²) < 4.78 is 4.60. The Morgan fingerprint density at radius 1 is 1.73 bits per heavy atom. The second-order valence-corrected chi connectivity index (χ2v) is 1.85. The third-order valence-corrected chi connectivity index (χ3v) is 0.909. The van der Waals surface area contributed by atoms with Crippen LogP contribution in [-0.4, -0.2) is 15.9 Å². The van der Waals surface area contributed by atoms with Crippen LogP contribution in [-0.2, 0) is 4.79 Å². The van der Waals surface area contributed by atoms with Gasteiger partial charge in [0.15, 0.2) is 5.75 Å². The van der Waals surface area contributed by atoms with Crippen LogP contribution in [0, 0.1) is 0 Å². The number of nitrogens with zero attached hydrogens (tertiary/aromatic N) is 1. The van der Waals surface area contributed by atoms with Crippen molar-refractivity contribution in [1.82, 2.24) is 9.97 Å². The largest absolute Gasteiger partial charge is 0.423 e. The molecule has 0 atom stereocenters. The zero-order chi connectivity index (χ0) is 8.27. The maximum absolute atomic E-state index is 10.4. The molecule has 5 heteroatoms. The molecule has 0 bridgehead atoms. The first kappa shape index (κ1) is 7.46. The van der Waals surface area contributed by atoms with E-state index in [4.69, 9.17) is 0 Å². The van der Waals surface area contributed by atoms with E-state index in [1.807, 2.05) is 0 Å². The van der Waals surface area contributed by atoms with Crippen molar-refractivity contribution < 1.29 is 9.53 Å². The number of ether oxygens (including phenoxy) is 1. The fraction of sp³-hybridized carbons (Fsp3) is 0.167. The molecule has 58 valence electrons. The number of esters is 1. The van der Waals surface area contributed by atoms with Crippen LogP contribution < -0.4 is 10.4 Å². The molecule has 5 nitrogen and oxygen atoms in total. The first-order valence-corrected chi connectivity index (χ1v) is 2.91. The fourth-order valence-electron chi connectivity index (χ4n) is 0.551. The number of H-pyrrole nitrogens is 1. The predicted molar refractivity (Wildman–Crippen MR) is 36.2 cm³/mol. The zero-order valence-electron chi connectivity index (χ0n) is 5.83. The van der Waals surface area contributed by atoms with E-state index in [2.05, 4.69) is 14.7 Å². The van der Waals surface area contributed by atoms with Gasteiger partial charge in [-0.25, -0.2) is 4.79 Å². The fourth-order valence-corrected chi connectivity index (χ4v) is 0.551. The van der Waals surface area contributed by atoms with Crippen molar-refractivity contribution in [3.8, 4) is 5.75 Å². The monoisotopic (exact) mass is 154 g/mol. The Hall–Kier alpha value is -1.65. The number of hydrogen-bond acceptors (Lipinski definition) is 4. The molecular weight excluding hydrogens is 148 g/mol. The highest BCUT2D eigenvalue weighted by molar-refractivity contribution is 5.68. The van der Waals surface area contributed by atoms with Crippen molar-refractivity contribution in [1.29, 1.82) is 0 Å². The molecule has 0 amide bonds. The lowest BCUT2D eigenvalue weighted by Gasteiger charge is -1.96. The molecule has 1 aromatic rings. The molecule has 1 rings (SSSR count). The minimum atomic E-state index is -0.471. The number of nitrogens with one attached hydrogen (secondary N) is 1. The van der Waals surface area contributed by atoms with Gasteiger partial charge in [0.05, 0.1) is 12.4 Å². The molecule has 0 aliphatic rings. The summed E-state index contributed by atoms with van der Waals surface area (Å²) in [6, 6.07) is 0. The average molecular weight is 154 g/mol. The lowest BCUT2D eigenvalue weighted by Crippen LogP contribution is -2.10. The third kappa shape index (κ3) is 2.21. The molecule has 1 N–H and O–H groups in total. The van der Waals surface area contributed by atoms with Gasteiger partial charge in [-0.15, -0.1) is 0 Å². The number of rotatable bonds is 1. The average Bonchev–Trinajstić information content (AvgIpc) is 1.93. The van der Waals surface area contributed by atoms with Crippen molar-refractivity contribution in [3.05, 3.63) is 22.9 Å². The summed E-state index contributed by atoms with van der Waals surface area (Å²) in [6.07, 6.45) is 2.46. The van der Waals surface area contributed by atoms with Gasteiger partial charge in [-0.1, -0.05) is 0 Å². The normalized spacial score (nSPS) is 9.18. The topological polar surface area (TPSA) is 72.0 Å². The Bertz CT molecular complexity index is 297. The molecule has 0 spiro atoms. The van der Waals surface area contributed by atoms with Gasteiger partial charge in [0.25, 0.3) is 0 Å². The third-order valence-electron chi connectivity index (χ3n) is 0.909.